The lowest BCUT2D eigenvalue weighted by Gasteiger charge is -2.10. The summed E-state index contributed by atoms with van der Waals surface area (Å²) in [6.07, 6.45) is 0. The fourth-order valence-corrected chi connectivity index (χ4v) is 3.20. The van der Waals surface area contributed by atoms with Gasteiger partial charge in [-0.3, -0.25) is 0 Å². The highest BCUT2D eigenvalue weighted by Gasteiger charge is 2.15. The van der Waals surface area contributed by atoms with Gasteiger partial charge < -0.3 is 9.73 Å². The Bertz CT molecular complexity index is 710. The molecule has 7 heteroatoms. The van der Waals surface area contributed by atoms with Crippen molar-refractivity contribution in [2.75, 3.05) is 12.4 Å². The molecule has 0 spiro atoms. The zero-order valence-corrected chi connectivity index (χ0v) is 14.1. The van der Waals surface area contributed by atoms with Crippen molar-refractivity contribution in [1.82, 2.24) is 4.72 Å². The minimum absolute atomic E-state index is 0.277. The van der Waals surface area contributed by atoms with E-state index in [4.69, 9.17) is 4.42 Å². The highest BCUT2D eigenvalue weighted by atomic mass is 127. The third-order valence-corrected chi connectivity index (χ3v) is 4.98. The Labute approximate surface area is 131 Å². The van der Waals surface area contributed by atoms with Gasteiger partial charge >= 0.3 is 0 Å². The number of hydrogen-bond donors (Lipinski definition) is 2. The molecule has 2 rings (SSSR count). The molecule has 108 valence electrons. The number of furan rings is 1. The smallest absolute Gasteiger partial charge is 0.240 e. The van der Waals surface area contributed by atoms with E-state index < -0.39 is 10.0 Å². The topological polar surface area (TPSA) is 71.3 Å². The van der Waals surface area contributed by atoms with Gasteiger partial charge in [0, 0.05) is 5.69 Å². The fourth-order valence-electron chi connectivity index (χ4n) is 1.75. The SMILES string of the molecule is CNS(=O)(=O)c1cc(NCc2ccc(I)o2)ccc1C. The van der Waals surface area contributed by atoms with Crippen molar-refractivity contribution in [1.29, 1.82) is 0 Å². The van der Waals surface area contributed by atoms with E-state index in [9.17, 15) is 8.42 Å². The summed E-state index contributed by atoms with van der Waals surface area (Å²) in [6, 6.07) is 9.00. The molecule has 0 radical (unpaired) electrons. The van der Waals surface area contributed by atoms with Crippen LogP contribution in [0.2, 0.25) is 0 Å². The number of halogens is 1. The molecule has 0 fully saturated rings. The Morgan fingerprint density at radius 3 is 2.60 bits per heavy atom. The Morgan fingerprint density at radius 2 is 2.00 bits per heavy atom. The van der Waals surface area contributed by atoms with E-state index in [1.165, 1.54) is 7.05 Å². The van der Waals surface area contributed by atoms with E-state index in [2.05, 4.69) is 32.6 Å². The molecule has 0 unspecified atom stereocenters. The summed E-state index contributed by atoms with van der Waals surface area (Å²) in [4.78, 5) is 0.277. The van der Waals surface area contributed by atoms with Crippen LogP contribution in [-0.4, -0.2) is 15.5 Å². The quantitative estimate of drug-likeness (QED) is 0.750. The van der Waals surface area contributed by atoms with Crippen LogP contribution < -0.4 is 10.0 Å². The molecule has 0 atom stereocenters. The van der Waals surface area contributed by atoms with E-state index in [0.29, 0.717) is 12.1 Å². The van der Waals surface area contributed by atoms with Gasteiger partial charge in [0.15, 0.2) is 3.77 Å². The van der Waals surface area contributed by atoms with Gasteiger partial charge in [0.25, 0.3) is 0 Å². The number of benzene rings is 1. The maximum Gasteiger partial charge on any atom is 0.240 e. The van der Waals surface area contributed by atoms with Crippen molar-refractivity contribution >= 4 is 38.3 Å². The molecule has 0 aliphatic carbocycles. The molecular formula is C13H15IN2O3S. The molecule has 0 bridgehead atoms. The van der Waals surface area contributed by atoms with Crippen LogP contribution in [0.15, 0.2) is 39.6 Å². The van der Waals surface area contributed by atoms with Gasteiger partial charge in [-0.05, 0) is 66.4 Å². The van der Waals surface area contributed by atoms with Crippen molar-refractivity contribution in [3.63, 3.8) is 0 Å². The first-order valence-corrected chi connectivity index (χ1v) is 8.51. The summed E-state index contributed by atoms with van der Waals surface area (Å²) in [5, 5.41) is 3.15. The van der Waals surface area contributed by atoms with Gasteiger partial charge in [-0.2, -0.15) is 0 Å². The summed E-state index contributed by atoms with van der Waals surface area (Å²) in [5.74, 6) is 0.799. The van der Waals surface area contributed by atoms with Crippen molar-refractivity contribution in [3.8, 4) is 0 Å². The molecule has 0 saturated heterocycles. The number of sulfonamides is 1. The lowest BCUT2D eigenvalue weighted by atomic mass is 10.2. The molecule has 2 N–H and O–H groups in total. The van der Waals surface area contributed by atoms with Gasteiger partial charge in [-0.25, -0.2) is 13.1 Å². The summed E-state index contributed by atoms with van der Waals surface area (Å²) in [6.45, 7) is 2.27. The van der Waals surface area contributed by atoms with E-state index in [1.807, 2.05) is 18.2 Å². The molecule has 20 heavy (non-hydrogen) atoms. The van der Waals surface area contributed by atoms with Crippen LogP contribution in [0.4, 0.5) is 5.69 Å². The highest BCUT2D eigenvalue weighted by Crippen LogP contribution is 2.20. The second kappa shape index (κ2) is 6.15. The second-order valence-corrected chi connectivity index (χ2v) is 7.17. The van der Waals surface area contributed by atoms with Gasteiger partial charge in [0.05, 0.1) is 11.4 Å². The minimum atomic E-state index is -3.44. The predicted octanol–water partition coefficient (Wildman–Crippen LogP) is 2.71. The lowest BCUT2D eigenvalue weighted by molar-refractivity contribution is 0.493. The number of rotatable bonds is 5. The number of anilines is 1. The summed E-state index contributed by atoms with van der Waals surface area (Å²) in [5.41, 5.74) is 1.44. The third-order valence-electron chi connectivity index (χ3n) is 2.84. The fraction of sp³-hybridized carbons (Fsp3) is 0.231. The van der Waals surface area contributed by atoms with E-state index in [1.54, 1.807) is 19.1 Å². The maximum atomic E-state index is 11.9. The molecule has 0 saturated carbocycles. The maximum absolute atomic E-state index is 11.9. The molecule has 0 aliphatic rings. The second-order valence-electron chi connectivity index (χ2n) is 4.25. The molecule has 5 nitrogen and oxygen atoms in total. The molecule has 1 aromatic heterocycles. The highest BCUT2D eigenvalue weighted by molar-refractivity contribution is 14.1. The first-order valence-electron chi connectivity index (χ1n) is 5.94. The Hall–Kier alpha value is -1.06. The third kappa shape index (κ3) is 3.53. The summed E-state index contributed by atoms with van der Waals surface area (Å²) < 4.78 is 32.4. The van der Waals surface area contributed by atoms with Gasteiger partial charge in [0.1, 0.15) is 5.76 Å². The lowest BCUT2D eigenvalue weighted by Crippen LogP contribution is -2.19. The number of nitrogens with one attached hydrogen (secondary N) is 2. The van der Waals surface area contributed by atoms with E-state index >= 15 is 0 Å². The monoisotopic (exact) mass is 406 g/mol. The van der Waals surface area contributed by atoms with Crippen LogP contribution in [0.1, 0.15) is 11.3 Å². The van der Waals surface area contributed by atoms with Gasteiger partial charge in [-0.15, -0.1) is 0 Å². The summed E-state index contributed by atoms with van der Waals surface area (Å²) in [7, 11) is -2.04. The zero-order valence-electron chi connectivity index (χ0n) is 11.1. The number of aryl methyl sites for hydroxylation is 1. The van der Waals surface area contributed by atoms with Crippen LogP contribution in [0.5, 0.6) is 0 Å². The zero-order chi connectivity index (χ0) is 14.8. The largest absolute Gasteiger partial charge is 0.454 e. The van der Waals surface area contributed by atoms with Crippen LogP contribution in [0.3, 0.4) is 0 Å². The average Bonchev–Trinajstić information content (AvgIpc) is 2.83. The van der Waals surface area contributed by atoms with Crippen molar-refractivity contribution in [2.45, 2.75) is 18.4 Å². The molecule has 1 heterocycles. The molecular weight excluding hydrogens is 391 g/mol. The number of hydrogen-bond acceptors (Lipinski definition) is 4. The first kappa shape index (κ1) is 15.3. The first-order chi connectivity index (χ1) is 9.42. The standard InChI is InChI=1S/C13H15IN2O3S/c1-9-3-4-10(7-12(9)20(17,18)15-2)16-8-11-5-6-13(14)19-11/h3-7,15-16H,8H2,1-2H3. The predicted molar refractivity (Wildman–Crippen MR) is 86.2 cm³/mol. The van der Waals surface area contributed by atoms with Crippen molar-refractivity contribution in [2.24, 2.45) is 0 Å². The van der Waals surface area contributed by atoms with Gasteiger partial charge in [0.2, 0.25) is 10.0 Å². The normalized spacial score (nSPS) is 11.6. The van der Waals surface area contributed by atoms with Crippen LogP contribution in [0, 0.1) is 10.7 Å². The van der Waals surface area contributed by atoms with Crippen LogP contribution in [-0.2, 0) is 16.6 Å². The van der Waals surface area contributed by atoms with Crippen LogP contribution in [0.25, 0.3) is 0 Å². The Morgan fingerprint density at radius 1 is 1.25 bits per heavy atom. The molecule has 0 aliphatic heterocycles. The van der Waals surface area contributed by atoms with Crippen molar-refractivity contribution in [3.05, 3.63) is 45.4 Å². The molecule has 1 aromatic carbocycles. The molecule has 2 aromatic rings. The van der Waals surface area contributed by atoms with E-state index in [-0.39, 0.29) is 4.90 Å². The Kier molecular flexibility index (Phi) is 4.71. The van der Waals surface area contributed by atoms with Crippen LogP contribution >= 0.6 is 22.6 Å². The van der Waals surface area contributed by atoms with E-state index in [0.717, 1.165) is 15.2 Å². The van der Waals surface area contributed by atoms with Crippen molar-refractivity contribution < 1.29 is 12.8 Å². The molecule has 0 amide bonds. The average molecular weight is 406 g/mol. The minimum Gasteiger partial charge on any atom is -0.454 e. The van der Waals surface area contributed by atoms with Gasteiger partial charge in [-0.1, -0.05) is 6.07 Å². The Balaban J connectivity index is 2.19. The summed E-state index contributed by atoms with van der Waals surface area (Å²) >= 11 is 2.10.